The highest BCUT2D eigenvalue weighted by Crippen LogP contribution is 2.24. The first kappa shape index (κ1) is 24.0. The number of nitrogens with zero attached hydrogens (tertiary/aromatic N) is 5. The lowest BCUT2D eigenvalue weighted by molar-refractivity contribution is 0.0378. The normalized spacial score (nSPS) is 14.1. The van der Waals surface area contributed by atoms with Crippen LogP contribution < -0.4 is 16.0 Å². The standard InChI is InChI=1S/C23H30N8O2S/c1-15-6-4-7-16(2)19(15)28-20(32)18-14-25-23(34-18)30-22-27-17(3)26-21(29-22)24-8-5-9-31-10-12-33-13-11-31/h4,6-7,14H,5,8-13H2,1-3H3,(H,28,32)(H2,24,25,26,27,29,30). The number of amides is 1. The third kappa shape index (κ3) is 6.46. The van der Waals surface area contributed by atoms with Crippen molar-refractivity contribution in [1.29, 1.82) is 0 Å². The van der Waals surface area contributed by atoms with E-state index in [1.807, 2.05) is 39.0 Å². The van der Waals surface area contributed by atoms with Crippen LogP contribution in [-0.4, -0.2) is 70.1 Å². The molecule has 3 N–H and O–H groups in total. The molecule has 1 amide bonds. The van der Waals surface area contributed by atoms with Crippen LogP contribution in [0.25, 0.3) is 0 Å². The van der Waals surface area contributed by atoms with Gasteiger partial charge in [0.2, 0.25) is 11.9 Å². The van der Waals surface area contributed by atoms with Gasteiger partial charge in [0, 0.05) is 25.3 Å². The first-order valence-corrected chi connectivity index (χ1v) is 12.2. The molecule has 0 spiro atoms. The molecule has 10 nitrogen and oxygen atoms in total. The summed E-state index contributed by atoms with van der Waals surface area (Å²) in [5.74, 6) is 1.30. The predicted octanol–water partition coefficient (Wildman–Crippen LogP) is 3.38. The van der Waals surface area contributed by atoms with Crippen molar-refractivity contribution < 1.29 is 9.53 Å². The number of nitrogens with one attached hydrogen (secondary N) is 3. The van der Waals surface area contributed by atoms with Crippen molar-refractivity contribution >= 4 is 40.0 Å². The van der Waals surface area contributed by atoms with Gasteiger partial charge >= 0.3 is 0 Å². The summed E-state index contributed by atoms with van der Waals surface area (Å²) in [5.41, 5.74) is 2.86. The highest BCUT2D eigenvalue weighted by molar-refractivity contribution is 7.17. The fourth-order valence-corrected chi connectivity index (χ4v) is 4.37. The lowest BCUT2D eigenvalue weighted by Crippen LogP contribution is -2.37. The van der Waals surface area contributed by atoms with Gasteiger partial charge in [0.1, 0.15) is 10.7 Å². The third-order valence-electron chi connectivity index (χ3n) is 5.45. The number of thiazole rings is 1. The van der Waals surface area contributed by atoms with Crippen molar-refractivity contribution in [2.45, 2.75) is 27.2 Å². The molecule has 0 radical (unpaired) electrons. The molecule has 1 fully saturated rings. The van der Waals surface area contributed by atoms with Crippen LogP contribution in [0.2, 0.25) is 0 Å². The number of hydrogen-bond donors (Lipinski definition) is 3. The zero-order chi connectivity index (χ0) is 23.9. The van der Waals surface area contributed by atoms with Crippen molar-refractivity contribution in [2.24, 2.45) is 0 Å². The molecule has 0 bridgehead atoms. The fraction of sp³-hybridized carbons (Fsp3) is 0.435. The van der Waals surface area contributed by atoms with E-state index in [-0.39, 0.29) is 5.91 Å². The van der Waals surface area contributed by atoms with Gasteiger partial charge in [0.25, 0.3) is 5.91 Å². The summed E-state index contributed by atoms with van der Waals surface area (Å²) in [6.45, 7) is 11.1. The van der Waals surface area contributed by atoms with E-state index in [9.17, 15) is 4.79 Å². The van der Waals surface area contributed by atoms with Crippen molar-refractivity contribution in [3.8, 4) is 0 Å². The Hall–Kier alpha value is -3.15. The predicted molar refractivity (Wildman–Crippen MR) is 134 cm³/mol. The Morgan fingerprint density at radius 2 is 1.82 bits per heavy atom. The Morgan fingerprint density at radius 3 is 2.59 bits per heavy atom. The summed E-state index contributed by atoms with van der Waals surface area (Å²) in [4.78, 5) is 33.1. The number of anilines is 4. The largest absolute Gasteiger partial charge is 0.379 e. The second kappa shape index (κ2) is 11.3. The Kier molecular flexibility index (Phi) is 7.99. The maximum absolute atomic E-state index is 12.7. The van der Waals surface area contributed by atoms with Gasteiger partial charge in [-0.1, -0.05) is 29.5 Å². The van der Waals surface area contributed by atoms with Crippen LogP contribution in [0, 0.1) is 20.8 Å². The van der Waals surface area contributed by atoms with Crippen LogP contribution in [0.3, 0.4) is 0 Å². The molecule has 34 heavy (non-hydrogen) atoms. The van der Waals surface area contributed by atoms with E-state index in [1.54, 1.807) is 6.20 Å². The summed E-state index contributed by atoms with van der Waals surface area (Å²) < 4.78 is 5.38. The first-order valence-electron chi connectivity index (χ1n) is 11.3. The van der Waals surface area contributed by atoms with Crippen LogP contribution >= 0.6 is 11.3 Å². The molecule has 0 unspecified atom stereocenters. The van der Waals surface area contributed by atoms with E-state index < -0.39 is 0 Å². The van der Waals surface area contributed by atoms with Crippen molar-refractivity contribution in [1.82, 2.24) is 24.8 Å². The number of ether oxygens (including phenoxy) is 1. The van der Waals surface area contributed by atoms with E-state index >= 15 is 0 Å². The van der Waals surface area contributed by atoms with Gasteiger partial charge in [0.05, 0.1) is 19.4 Å². The van der Waals surface area contributed by atoms with Crippen molar-refractivity contribution in [2.75, 3.05) is 55.3 Å². The average molecular weight is 483 g/mol. The number of aryl methyl sites for hydroxylation is 3. The van der Waals surface area contributed by atoms with E-state index in [2.05, 4.69) is 40.8 Å². The van der Waals surface area contributed by atoms with Crippen LogP contribution in [0.5, 0.6) is 0 Å². The van der Waals surface area contributed by atoms with Gasteiger partial charge in [-0.25, -0.2) is 4.98 Å². The summed E-state index contributed by atoms with van der Waals surface area (Å²) in [7, 11) is 0. The van der Waals surface area contributed by atoms with Gasteiger partial charge in [-0.05, 0) is 44.9 Å². The second-order valence-corrected chi connectivity index (χ2v) is 9.17. The molecule has 0 aliphatic carbocycles. The number of carbonyl (C=O) groups is 1. The first-order chi connectivity index (χ1) is 16.5. The average Bonchev–Trinajstić information content (AvgIpc) is 3.28. The minimum absolute atomic E-state index is 0.197. The zero-order valence-electron chi connectivity index (χ0n) is 19.7. The summed E-state index contributed by atoms with van der Waals surface area (Å²) in [5, 5.41) is 9.89. The van der Waals surface area contributed by atoms with Crippen LogP contribution in [0.1, 0.15) is 33.0 Å². The molecular formula is C23H30N8O2S. The van der Waals surface area contributed by atoms with Crippen molar-refractivity contribution in [3.05, 3.63) is 46.2 Å². The molecule has 1 aromatic carbocycles. The summed E-state index contributed by atoms with van der Waals surface area (Å²) >= 11 is 1.24. The minimum Gasteiger partial charge on any atom is -0.379 e. The molecule has 0 atom stereocenters. The van der Waals surface area contributed by atoms with E-state index in [1.165, 1.54) is 11.3 Å². The lowest BCUT2D eigenvalue weighted by Gasteiger charge is -2.26. The summed E-state index contributed by atoms with van der Waals surface area (Å²) in [6.07, 6.45) is 2.54. The molecule has 180 valence electrons. The fourth-order valence-electron chi connectivity index (χ4n) is 3.66. The quantitative estimate of drug-likeness (QED) is 0.395. The Labute approximate surface area is 203 Å². The molecule has 1 aliphatic rings. The zero-order valence-corrected chi connectivity index (χ0v) is 20.5. The topological polar surface area (TPSA) is 117 Å². The van der Waals surface area contributed by atoms with Gasteiger partial charge in [-0.15, -0.1) is 0 Å². The molecule has 3 heterocycles. The molecule has 0 saturated carbocycles. The van der Waals surface area contributed by atoms with Crippen molar-refractivity contribution in [3.63, 3.8) is 0 Å². The molecule has 11 heteroatoms. The molecule has 4 rings (SSSR count). The Balaban J connectivity index is 1.33. The molecule has 1 aliphatic heterocycles. The van der Waals surface area contributed by atoms with E-state index in [0.29, 0.717) is 27.7 Å². The maximum Gasteiger partial charge on any atom is 0.267 e. The molecule has 2 aromatic heterocycles. The Bertz CT molecular complexity index is 1110. The lowest BCUT2D eigenvalue weighted by atomic mass is 10.1. The van der Waals surface area contributed by atoms with Gasteiger partial charge < -0.3 is 15.4 Å². The molecular weight excluding hydrogens is 452 g/mol. The highest BCUT2D eigenvalue weighted by Gasteiger charge is 2.15. The molecule has 1 saturated heterocycles. The van der Waals surface area contributed by atoms with Crippen LogP contribution in [-0.2, 0) is 4.74 Å². The highest BCUT2D eigenvalue weighted by atomic mass is 32.1. The van der Waals surface area contributed by atoms with Gasteiger partial charge in [0.15, 0.2) is 5.13 Å². The monoisotopic (exact) mass is 482 g/mol. The number of carbonyl (C=O) groups excluding carboxylic acids is 1. The SMILES string of the molecule is Cc1nc(NCCCN2CCOCC2)nc(Nc2ncc(C(=O)Nc3c(C)cccc3C)s2)n1. The number of rotatable bonds is 9. The third-order valence-corrected chi connectivity index (χ3v) is 6.36. The minimum atomic E-state index is -0.197. The summed E-state index contributed by atoms with van der Waals surface area (Å²) in [6, 6.07) is 5.91. The maximum atomic E-state index is 12.7. The smallest absolute Gasteiger partial charge is 0.267 e. The van der Waals surface area contributed by atoms with Gasteiger partial charge in [-0.2, -0.15) is 15.0 Å². The van der Waals surface area contributed by atoms with Crippen LogP contribution in [0.15, 0.2) is 24.4 Å². The second-order valence-electron chi connectivity index (χ2n) is 8.14. The number of benzene rings is 1. The van der Waals surface area contributed by atoms with Crippen LogP contribution in [0.4, 0.5) is 22.7 Å². The molecule has 3 aromatic rings. The van der Waals surface area contributed by atoms with E-state index in [0.717, 1.165) is 62.6 Å². The van der Waals surface area contributed by atoms with E-state index in [4.69, 9.17) is 4.74 Å². The van der Waals surface area contributed by atoms with Gasteiger partial charge in [-0.3, -0.25) is 15.0 Å². The Morgan fingerprint density at radius 1 is 1.09 bits per heavy atom. The number of para-hydroxylation sites is 1. The number of aromatic nitrogens is 4. The number of hydrogen-bond acceptors (Lipinski definition) is 10. The number of morpholine rings is 1.